The van der Waals surface area contributed by atoms with Crippen LogP contribution in [-0.2, 0) is 12.8 Å². The lowest BCUT2D eigenvalue weighted by molar-refractivity contribution is -0.141. The van der Waals surface area contributed by atoms with Crippen molar-refractivity contribution in [1.29, 1.82) is 0 Å². The van der Waals surface area contributed by atoms with Crippen LogP contribution in [0.5, 0.6) is 0 Å². The summed E-state index contributed by atoms with van der Waals surface area (Å²) in [7, 11) is 0. The van der Waals surface area contributed by atoms with E-state index in [4.69, 9.17) is 28.3 Å². The second-order valence-corrected chi connectivity index (χ2v) is 4.81. The van der Waals surface area contributed by atoms with E-state index >= 15 is 0 Å². The van der Waals surface area contributed by atoms with Crippen molar-refractivity contribution >= 4 is 23.2 Å². The smallest absolute Gasteiger partial charge is 0.392 e. The molecule has 0 fully saturated rings. The van der Waals surface area contributed by atoms with Crippen LogP contribution in [0.1, 0.15) is 11.3 Å². The van der Waals surface area contributed by atoms with Crippen LogP contribution in [0.25, 0.3) is 11.3 Å². The first kappa shape index (κ1) is 15.1. The van der Waals surface area contributed by atoms with Gasteiger partial charge >= 0.3 is 6.18 Å². The van der Waals surface area contributed by atoms with E-state index < -0.39 is 18.5 Å². The molecule has 0 saturated carbocycles. The number of pyridine rings is 1. The summed E-state index contributed by atoms with van der Waals surface area (Å²) < 4.78 is 38.4. The molecule has 1 N–H and O–H groups in total. The van der Waals surface area contributed by atoms with E-state index in [9.17, 15) is 13.2 Å². The van der Waals surface area contributed by atoms with E-state index in [1.807, 2.05) is 0 Å². The van der Waals surface area contributed by atoms with Gasteiger partial charge in [0.1, 0.15) is 5.69 Å². The van der Waals surface area contributed by atoms with E-state index in [-0.39, 0.29) is 26.9 Å². The van der Waals surface area contributed by atoms with Crippen molar-refractivity contribution in [2.75, 3.05) is 0 Å². The zero-order valence-electron chi connectivity index (χ0n) is 9.88. The number of nitrogens with zero attached hydrogens (tertiary/aromatic N) is 1. The predicted octanol–water partition coefficient (Wildman–Crippen LogP) is 4.57. The molecule has 1 heterocycles. The van der Waals surface area contributed by atoms with Gasteiger partial charge in [-0.05, 0) is 29.8 Å². The highest BCUT2D eigenvalue weighted by molar-refractivity contribution is 6.39. The number of aromatic nitrogens is 1. The van der Waals surface area contributed by atoms with E-state index in [2.05, 4.69) is 4.98 Å². The standard InChI is InChI=1S/C13H8Cl2F3NO/c14-8-2-1-3-9(15)12(8)10-4-7(6-20)5-11(19-10)13(16,17)18/h1-5,20H,6H2. The maximum atomic E-state index is 12.8. The fourth-order valence-corrected chi connectivity index (χ4v) is 2.29. The van der Waals surface area contributed by atoms with Gasteiger partial charge in [-0.1, -0.05) is 29.3 Å². The minimum Gasteiger partial charge on any atom is -0.392 e. The molecule has 0 aliphatic heterocycles. The average molecular weight is 322 g/mol. The van der Waals surface area contributed by atoms with Gasteiger partial charge < -0.3 is 5.11 Å². The molecular formula is C13H8Cl2F3NO. The number of halogens is 5. The van der Waals surface area contributed by atoms with Crippen LogP contribution in [0.3, 0.4) is 0 Å². The molecule has 106 valence electrons. The second kappa shape index (κ2) is 5.60. The highest BCUT2D eigenvalue weighted by Crippen LogP contribution is 2.36. The second-order valence-electron chi connectivity index (χ2n) is 4.00. The van der Waals surface area contributed by atoms with Crippen molar-refractivity contribution in [3.63, 3.8) is 0 Å². The lowest BCUT2D eigenvalue weighted by Crippen LogP contribution is -2.09. The minimum absolute atomic E-state index is 0.0283. The molecule has 7 heteroatoms. The maximum Gasteiger partial charge on any atom is 0.433 e. The van der Waals surface area contributed by atoms with E-state index in [0.717, 1.165) is 6.07 Å². The van der Waals surface area contributed by atoms with E-state index in [1.165, 1.54) is 18.2 Å². The summed E-state index contributed by atoms with van der Waals surface area (Å²) in [4.78, 5) is 3.54. The van der Waals surface area contributed by atoms with Gasteiger partial charge in [0, 0.05) is 5.56 Å². The molecule has 0 aliphatic carbocycles. The summed E-state index contributed by atoms with van der Waals surface area (Å²) in [5, 5.41) is 9.45. The Kier molecular flexibility index (Phi) is 4.22. The van der Waals surface area contributed by atoms with Crippen molar-refractivity contribution < 1.29 is 18.3 Å². The van der Waals surface area contributed by atoms with Gasteiger partial charge in [-0.3, -0.25) is 0 Å². The monoisotopic (exact) mass is 321 g/mol. The van der Waals surface area contributed by atoms with Crippen molar-refractivity contribution in [2.24, 2.45) is 0 Å². The fourth-order valence-electron chi connectivity index (χ4n) is 1.69. The first-order chi connectivity index (χ1) is 9.32. The van der Waals surface area contributed by atoms with Crippen LogP contribution < -0.4 is 0 Å². The average Bonchev–Trinajstić information content (AvgIpc) is 2.37. The summed E-state index contributed by atoms with van der Waals surface area (Å²) in [5.41, 5.74) is -0.843. The first-order valence-corrected chi connectivity index (χ1v) is 6.22. The molecule has 0 aliphatic rings. The van der Waals surface area contributed by atoms with Crippen molar-refractivity contribution in [2.45, 2.75) is 12.8 Å². The number of aliphatic hydroxyl groups is 1. The van der Waals surface area contributed by atoms with Crippen LogP contribution in [-0.4, -0.2) is 10.1 Å². The molecule has 20 heavy (non-hydrogen) atoms. The van der Waals surface area contributed by atoms with Crippen LogP contribution >= 0.6 is 23.2 Å². The Labute approximate surface area is 122 Å². The summed E-state index contributed by atoms with van der Waals surface area (Å²) >= 11 is 11.9. The number of alkyl halides is 3. The summed E-state index contributed by atoms with van der Waals surface area (Å²) in [6.07, 6.45) is -4.62. The Balaban J connectivity index is 2.68. The minimum atomic E-state index is -4.62. The van der Waals surface area contributed by atoms with Crippen molar-refractivity contribution in [1.82, 2.24) is 4.98 Å². The quantitative estimate of drug-likeness (QED) is 0.879. The number of rotatable bonds is 2. The number of hydrogen-bond acceptors (Lipinski definition) is 2. The molecule has 0 amide bonds. The summed E-state index contributed by atoms with van der Waals surface area (Å²) in [6.45, 7) is -0.541. The molecule has 1 aromatic carbocycles. The number of hydrogen-bond donors (Lipinski definition) is 1. The van der Waals surface area contributed by atoms with Crippen LogP contribution in [0, 0.1) is 0 Å². The highest BCUT2D eigenvalue weighted by atomic mass is 35.5. The molecule has 0 atom stereocenters. The molecule has 0 unspecified atom stereocenters. The molecule has 0 spiro atoms. The Bertz CT molecular complexity index is 624. The largest absolute Gasteiger partial charge is 0.433 e. The molecule has 2 nitrogen and oxygen atoms in total. The third kappa shape index (κ3) is 3.06. The zero-order chi connectivity index (χ0) is 14.9. The van der Waals surface area contributed by atoms with Crippen molar-refractivity contribution in [3.8, 4) is 11.3 Å². The van der Waals surface area contributed by atoms with Crippen LogP contribution in [0.2, 0.25) is 10.0 Å². The normalized spacial score (nSPS) is 11.7. The number of benzene rings is 1. The lowest BCUT2D eigenvalue weighted by Gasteiger charge is -2.12. The van der Waals surface area contributed by atoms with Gasteiger partial charge in [-0.2, -0.15) is 13.2 Å². The fraction of sp³-hybridized carbons (Fsp3) is 0.154. The third-order valence-corrected chi connectivity index (χ3v) is 3.21. The summed E-state index contributed by atoms with van der Waals surface area (Å²) in [5.74, 6) is 0. The number of aliphatic hydroxyl groups excluding tert-OH is 1. The maximum absolute atomic E-state index is 12.8. The first-order valence-electron chi connectivity index (χ1n) is 5.46. The van der Waals surface area contributed by atoms with Crippen molar-refractivity contribution in [3.05, 3.63) is 51.6 Å². The van der Waals surface area contributed by atoms with E-state index in [0.29, 0.717) is 0 Å². The Hall–Kier alpha value is -1.30. The SMILES string of the molecule is OCc1cc(-c2c(Cl)cccc2Cl)nc(C(F)(F)F)c1. The molecule has 2 aromatic rings. The topological polar surface area (TPSA) is 33.1 Å². The zero-order valence-corrected chi connectivity index (χ0v) is 11.4. The molecular weight excluding hydrogens is 314 g/mol. The van der Waals surface area contributed by atoms with E-state index in [1.54, 1.807) is 6.07 Å². The van der Waals surface area contributed by atoms with Gasteiger partial charge in [0.25, 0.3) is 0 Å². The third-order valence-electron chi connectivity index (χ3n) is 2.58. The van der Waals surface area contributed by atoms with Gasteiger partial charge in [0.05, 0.1) is 22.3 Å². The highest BCUT2D eigenvalue weighted by Gasteiger charge is 2.33. The predicted molar refractivity (Wildman–Crippen MR) is 70.6 cm³/mol. The van der Waals surface area contributed by atoms with Gasteiger partial charge in [-0.25, -0.2) is 4.98 Å². The molecule has 0 saturated heterocycles. The van der Waals surface area contributed by atoms with Gasteiger partial charge in [0.2, 0.25) is 0 Å². The summed E-state index contributed by atoms with van der Waals surface area (Å²) in [6, 6.07) is 6.69. The van der Waals surface area contributed by atoms with Gasteiger partial charge in [-0.15, -0.1) is 0 Å². The Morgan fingerprint density at radius 2 is 1.70 bits per heavy atom. The van der Waals surface area contributed by atoms with Crippen LogP contribution in [0.15, 0.2) is 30.3 Å². The lowest BCUT2D eigenvalue weighted by atomic mass is 10.1. The van der Waals surface area contributed by atoms with Gasteiger partial charge in [0.15, 0.2) is 0 Å². The molecule has 1 aromatic heterocycles. The van der Waals surface area contributed by atoms with Crippen LogP contribution in [0.4, 0.5) is 13.2 Å². The molecule has 0 bridgehead atoms. The Morgan fingerprint density at radius 3 is 2.20 bits per heavy atom. The Morgan fingerprint density at radius 1 is 1.10 bits per heavy atom. The molecule has 0 radical (unpaired) electrons. The molecule has 2 rings (SSSR count).